The van der Waals surface area contributed by atoms with Crippen molar-refractivity contribution in [3.05, 3.63) is 36.1 Å². The lowest BCUT2D eigenvalue weighted by Gasteiger charge is -2.04. The third-order valence-electron chi connectivity index (χ3n) is 2.40. The van der Waals surface area contributed by atoms with E-state index in [9.17, 15) is 4.79 Å². The lowest BCUT2D eigenvalue weighted by molar-refractivity contribution is -0.136. The van der Waals surface area contributed by atoms with Gasteiger partial charge in [0.2, 0.25) is 0 Å². The minimum absolute atomic E-state index is 0.113. The summed E-state index contributed by atoms with van der Waals surface area (Å²) in [5, 5.41) is 12.6. The molecular weight excluding hydrogens is 234 g/mol. The van der Waals surface area contributed by atoms with Crippen molar-refractivity contribution in [2.24, 2.45) is 0 Å². The first-order valence-corrected chi connectivity index (χ1v) is 5.59. The topological polar surface area (TPSA) is 72.6 Å². The number of aromatic nitrogens is 1. The van der Waals surface area contributed by atoms with Crippen molar-refractivity contribution < 1.29 is 19.2 Å². The standard InChI is InChI=1S/C13H13NO4/c1-2-17-11-5-3-4-9(6-11)13-10(7-12(15)16)8-18-14-13/h3-6,8H,2,7H2,1H3,(H,15,16). The fourth-order valence-corrected chi connectivity index (χ4v) is 1.68. The zero-order valence-corrected chi connectivity index (χ0v) is 9.92. The van der Waals surface area contributed by atoms with E-state index in [1.807, 2.05) is 31.2 Å². The van der Waals surface area contributed by atoms with Crippen molar-refractivity contribution in [2.45, 2.75) is 13.3 Å². The summed E-state index contributed by atoms with van der Waals surface area (Å²) in [6.07, 6.45) is 1.24. The van der Waals surface area contributed by atoms with Crippen LogP contribution in [0.3, 0.4) is 0 Å². The van der Waals surface area contributed by atoms with E-state index < -0.39 is 5.97 Å². The molecule has 0 unspecified atom stereocenters. The van der Waals surface area contributed by atoms with Crippen molar-refractivity contribution in [2.75, 3.05) is 6.61 Å². The largest absolute Gasteiger partial charge is 0.494 e. The van der Waals surface area contributed by atoms with E-state index in [1.54, 1.807) is 0 Å². The number of carboxylic acids is 1. The maximum Gasteiger partial charge on any atom is 0.308 e. The summed E-state index contributed by atoms with van der Waals surface area (Å²) >= 11 is 0. The Morgan fingerprint density at radius 3 is 3.06 bits per heavy atom. The van der Waals surface area contributed by atoms with Crippen molar-refractivity contribution in [3.8, 4) is 17.0 Å². The van der Waals surface area contributed by atoms with Gasteiger partial charge in [-0.15, -0.1) is 0 Å². The number of carboxylic acid groups (broad SMARTS) is 1. The number of hydrogen-bond acceptors (Lipinski definition) is 4. The average molecular weight is 247 g/mol. The van der Waals surface area contributed by atoms with Crippen LogP contribution < -0.4 is 4.74 Å². The molecule has 1 aromatic heterocycles. The molecule has 0 bridgehead atoms. The van der Waals surface area contributed by atoms with Gasteiger partial charge in [0.15, 0.2) is 0 Å². The zero-order chi connectivity index (χ0) is 13.0. The molecule has 18 heavy (non-hydrogen) atoms. The molecule has 1 heterocycles. The van der Waals surface area contributed by atoms with Crippen LogP contribution in [0.1, 0.15) is 12.5 Å². The number of rotatable bonds is 5. The van der Waals surface area contributed by atoms with E-state index in [4.69, 9.17) is 14.4 Å². The van der Waals surface area contributed by atoms with E-state index in [2.05, 4.69) is 5.16 Å². The third-order valence-corrected chi connectivity index (χ3v) is 2.40. The summed E-state index contributed by atoms with van der Waals surface area (Å²) in [4.78, 5) is 10.7. The van der Waals surface area contributed by atoms with Gasteiger partial charge in [-0.25, -0.2) is 0 Å². The fraction of sp³-hybridized carbons (Fsp3) is 0.231. The molecule has 0 aliphatic heterocycles. The second-order valence-corrected chi connectivity index (χ2v) is 3.72. The molecule has 0 spiro atoms. The minimum Gasteiger partial charge on any atom is -0.494 e. The Hall–Kier alpha value is -2.30. The normalized spacial score (nSPS) is 10.3. The number of carbonyl (C=O) groups is 1. The maximum atomic E-state index is 10.7. The lowest BCUT2D eigenvalue weighted by atomic mass is 10.1. The van der Waals surface area contributed by atoms with Crippen molar-refractivity contribution >= 4 is 5.97 Å². The van der Waals surface area contributed by atoms with E-state index in [-0.39, 0.29) is 6.42 Å². The molecule has 0 radical (unpaired) electrons. The molecule has 0 atom stereocenters. The third kappa shape index (κ3) is 2.68. The molecule has 5 heteroatoms. The van der Waals surface area contributed by atoms with Crippen LogP contribution >= 0.6 is 0 Å². The highest BCUT2D eigenvalue weighted by Gasteiger charge is 2.13. The smallest absolute Gasteiger partial charge is 0.308 e. The molecule has 94 valence electrons. The first-order chi connectivity index (χ1) is 8.70. The Bertz CT molecular complexity index is 547. The van der Waals surface area contributed by atoms with Crippen LogP contribution in [0.5, 0.6) is 5.75 Å². The molecule has 1 aromatic carbocycles. The summed E-state index contributed by atoms with van der Waals surface area (Å²) < 4.78 is 10.2. The van der Waals surface area contributed by atoms with Gasteiger partial charge < -0.3 is 14.4 Å². The van der Waals surface area contributed by atoms with Crippen LogP contribution in [0.4, 0.5) is 0 Å². The molecule has 2 rings (SSSR count). The predicted octanol–water partition coefficient (Wildman–Crippen LogP) is 2.37. The van der Waals surface area contributed by atoms with Crippen molar-refractivity contribution in [1.82, 2.24) is 5.16 Å². The number of benzene rings is 1. The average Bonchev–Trinajstić information content (AvgIpc) is 2.77. The molecular formula is C13H13NO4. The van der Waals surface area contributed by atoms with E-state index in [0.717, 1.165) is 11.3 Å². The highest BCUT2D eigenvalue weighted by molar-refractivity contribution is 5.74. The van der Waals surface area contributed by atoms with Gasteiger partial charge in [-0.1, -0.05) is 17.3 Å². The van der Waals surface area contributed by atoms with Gasteiger partial charge in [0.1, 0.15) is 17.7 Å². The number of hydrogen-bond donors (Lipinski definition) is 1. The van der Waals surface area contributed by atoms with Gasteiger partial charge in [0.25, 0.3) is 0 Å². The van der Waals surface area contributed by atoms with Gasteiger partial charge in [-0.3, -0.25) is 4.79 Å². The minimum atomic E-state index is -0.916. The van der Waals surface area contributed by atoms with Gasteiger partial charge in [0.05, 0.1) is 13.0 Å². The summed E-state index contributed by atoms with van der Waals surface area (Å²) in [6, 6.07) is 7.32. The Morgan fingerprint density at radius 2 is 2.33 bits per heavy atom. The first-order valence-electron chi connectivity index (χ1n) is 5.59. The molecule has 0 aliphatic carbocycles. The van der Waals surface area contributed by atoms with Gasteiger partial charge in [-0.05, 0) is 19.1 Å². The number of nitrogens with zero attached hydrogens (tertiary/aromatic N) is 1. The Balaban J connectivity index is 2.33. The van der Waals surface area contributed by atoms with Crippen molar-refractivity contribution in [1.29, 1.82) is 0 Å². The second-order valence-electron chi connectivity index (χ2n) is 3.72. The maximum absolute atomic E-state index is 10.7. The van der Waals surface area contributed by atoms with Crippen LogP contribution in [-0.2, 0) is 11.2 Å². The predicted molar refractivity (Wildman–Crippen MR) is 64.4 cm³/mol. The second kappa shape index (κ2) is 5.35. The van der Waals surface area contributed by atoms with E-state index in [0.29, 0.717) is 17.9 Å². The first kappa shape index (κ1) is 12.2. The quantitative estimate of drug-likeness (QED) is 0.878. The summed E-state index contributed by atoms with van der Waals surface area (Å²) in [6.45, 7) is 2.48. The Morgan fingerprint density at radius 1 is 1.50 bits per heavy atom. The number of ether oxygens (including phenoxy) is 1. The Labute approximate surface area is 104 Å². The molecule has 0 amide bonds. The zero-order valence-electron chi connectivity index (χ0n) is 9.92. The van der Waals surface area contributed by atoms with Gasteiger partial charge in [-0.2, -0.15) is 0 Å². The molecule has 0 fully saturated rings. The number of aliphatic carboxylic acids is 1. The highest BCUT2D eigenvalue weighted by Crippen LogP contribution is 2.26. The highest BCUT2D eigenvalue weighted by atomic mass is 16.5. The van der Waals surface area contributed by atoms with Crippen LogP contribution in [0, 0.1) is 0 Å². The molecule has 0 saturated heterocycles. The Kier molecular flexibility index (Phi) is 3.62. The lowest BCUT2D eigenvalue weighted by Crippen LogP contribution is -2.00. The molecule has 5 nitrogen and oxygen atoms in total. The molecule has 0 saturated carbocycles. The van der Waals surface area contributed by atoms with Gasteiger partial charge >= 0.3 is 5.97 Å². The van der Waals surface area contributed by atoms with Crippen LogP contribution in [0.2, 0.25) is 0 Å². The molecule has 2 aromatic rings. The van der Waals surface area contributed by atoms with Gasteiger partial charge in [0, 0.05) is 11.1 Å². The fourth-order valence-electron chi connectivity index (χ4n) is 1.68. The van der Waals surface area contributed by atoms with Crippen LogP contribution in [0.25, 0.3) is 11.3 Å². The van der Waals surface area contributed by atoms with Crippen LogP contribution in [0.15, 0.2) is 35.1 Å². The summed E-state index contributed by atoms with van der Waals surface area (Å²) in [5.74, 6) is -0.195. The molecule has 0 aliphatic rings. The molecule has 1 N–H and O–H groups in total. The van der Waals surface area contributed by atoms with Crippen molar-refractivity contribution in [3.63, 3.8) is 0 Å². The van der Waals surface area contributed by atoms with Crippen LogP contribution in [-0.4, -0.2) is 22.8 Å². The SMILES string of the molecule is CCOc1cccc(-c2nocc2CC(=O)O)c1. The summed E-state index contributed by atoms with van der Waals surface area (Å²) in [5.41, 5.74) is 1.88. The monoisotopic (exact) mass is 247 g/mol. The summed E-state index contributed by atoms with van der Waals surface area (Å²) in [7, 11) is 0. The van der Waals surface area contributed by atoms with E-state index in [1.165, 1.54) is 6.26 Å². The van der Waals surface area contributed by atoms with E-state index >= 15 is 0 Å².